The molecule has 24 heavy (non-hydrogen) atoms. The Hall–Kier alpha value is -2.14. The summed E-state index contributed by atoms with van der Waals surface area (Å²) in [6, 6.07) is 6.92. The second kappa shape index (κ2) is 6.77. The molecule has 0 radical (unpaired) electrons. The van der Waals surface area contributed by atoms with Gasteiger partial charge >= 0.3 is 0 Å². The van der Waals surface area contributed by atoms with Crippen LogP contribution in [0.4, 0.5) is 5.69 Å². The van der Waals surface area contributed by atoms with Crippen molar-refractivity contribution in [3.05, 3.63) is 56.5 Å². The molecule has 0 fully saturated rings. The molecule has 1 aliphatic rings. The topological polar surface area (TPSA) is 64.0 Å². The van der Waals surface area contributed by atoms with Gasteiger partial charge in [-0.25, -0.2) is 4.68 Å². The van der Waals surface area contributed by atoms with E-state index in [0.717, 1.165) is 36.1 Å². The van der Waals surface area contributed by atoms with Crippen LogP contribution in [0.5, 0.6) is 0 Å². The molecule has 126 valence electrons. The number of carbonyl (C=O) groups is 1. The number of hydrogen-bond acceptors (Lipinski definition) is 3. The number of nitrogens with zero attached hydrogens (tertiary/aromatic N) is 2. The molecule has 1 aromatic carbocycles. The third-order valence-electron chi connectivity index (χ3n) is 4.37. The maximum Gasteiger partial charge on any atom is 0.267 e. The summed E-state index contributed by atoms with van der Waals surface area (Å²) in [6.45, 7) is 3.96. The van der Waals surface area contributed by atoms with E-state index in [1.807, 2.05) is 13.0 Å². The van der Waals surface area contributed by atoms with Crippen LogP contribution in [-0.4, -0.2) is 15.7 Å². The second-order valence-electron chi connectivity index (χ2n) is 6.47. The molecule has 2 aromatic rings. The lowest BCUT2D eigenvalue weighted by Crippen LogP contribution is -2.32. The van der Waals surface area contributed by atoms with Crippen LogP contribution < -0.4 is 10.9 Å². The van der Waals surface area contributed by atoms with Crippen molar-refractivity contribution in [1.29, 1.82) is 0 Å². The van der Waals surface area contributed by atoms with E-state index >= 15 is 0 Å². The molecule has 0 bridgehead atoms. The number of nitrogens with one attached hydrogen (secondary N) is 1. The highest BCUT2D eigenvalue weighted by molar-refractivity contribution is 6.31. The normalized spacial score (nSPS) is 16.5. The molecule has 0 saturated carbocycles. The zero-order valence-corrected chi connectivity index (χ0v) is 14.6. The molecular weight excluding hydrogens is 326 g/mol. The van der Waals surface area contributed by atoms with Crippen LogP contribution in [0.1, 0.15) is 30.2 Å². The van der Waals surface area contributed by atoms with Gasteiger partial charge in [0, 0.05) is 16.8 Å². The van der Waals surface area contributed by atoms with E-state index in [9.17, 15) is 9.59 Å². The number of aryl methyl sites for hydroxylation is 2. The van der Waals surface area contributed by atoms with Gasteiger partial charge in [-0.3, -0.25) is 9.59 Å². The van der Waals surface area contributed by atoms with Gasteiger partial charge in [0.05, 0.1) is 5.69 Å². The first-order valence-electron chi connectivity index (χ1n) is 8.08. The van der Waals surface area contributed by atoms with E-state index in [4.69, 9.17) is 11.6 Å². The monoisotopic (exact) mass is 345 g/mol. The van der Waals surface area contributed by atoms with Crippen LogP contribution in [0.2, 0.25) is 5.02 Å². The van der Waals surface area contributed by atoms with Gasteiger partial charge in [-0.2, -0.15) is 5.10 Å². The van der Waals surface area contributed by atoms with E-state index in [0.29, 0.717) is 16.6 Å². The first-order chi connectivity index (χ1) is 11.4. The van der Waals surface area contributed by atoms with Crippen LogP contribution in [0, 0.1) is 12.8 Å². The summed E-state index contributed by atoms with van der Waals surface area (Å²) >= 11 is 5.96. The van der Waals surface area contributed by atoms with E-state index < -0.39 is 0 Å². The van der Waals surface area contributed by atoms with Gasteiger partial charge in [-0.15, -0.1) is 0 Å². The largest absolute Gasteiger partial charge is 0.324 e. The maximum absolute atomic E-state index is 12.3. The summed E-state index contributed by atoms with van der Waals surface area (Å²) in [5.74, 6) is 0.280. The molecule has 0 spiro atoms. The molecule has 6 heteroatoms. The number of anilines is 1. The van der Waals surface area contributed by atoms with Gasteiger partial charge in [-0.05, 0) is 55.4 Å². The Morgan fingerprint density at radius 3 is 3.00 bits per heavy atom. The molecule has 0 saturated heterocycles. The number of rotatable bonds is 3. The molecular formula is C18H20ClN3O2. The highest BCUT2D eigenvalue weighted by Crippen LogP contribution is 2.22. The van der Waals surface area contributed by atoms with Crippen LogP contribution in [-0.2, 0) is 24.2 Å². The Balaban J connectivity index is 1.77. The molecule has 5 nitrogen and oxygen atoms in total. The summed E-state index contributed by atoms with van der Waals surface area (Å²) in [6.07, 6.45) is 2.80. The van der Waals surface area contributed by atoms with Crippen LogP contribution in [0.15, 0.2) is 29.1 Å². The maximum atomic E-state index is 12.3. The summed E-state index contributed by atoms with van der Waals surface area (Å²) in [4.78, 5) is 24.5. The quantitative estimate of drug-likeness (QED) is 0.930. The third kappa shape index (κ3) is 3.67. The summed E-state index contributed by atoms with van der Waals surface area (Å²) in [5, 5.41) is 7.73. The zero-order valence-electron chi connectivity index (χ0n) is 13.8. The Morgan fingerprint density at radius 2 is 2.21 bits per heavy atom. The highest BCUT2D eigenvalue weighted by Gasteiger charge is 2.19. The molecule has 1 N–H and O–H groups in total. The second-order valence-corrected chi connectivity index (χ2v) is 6.90. The summed E-state index contributed by atoms with van der Waals surface area (Å²) < 4.78 is 1.24. The lowest BCUT2D eigenvalue weighted by molar-refractivity contribution is -0.117. The predicted octanol–water partition coefficient (Wildman–Crippen LogP) is 2.97. The van der Waals surface area contributed by atoms with Crippen molar-refractivity contribution in [2.75, 3.05) is 5.32 Å². The fourth-order valence-electron chi connectivity index (χ4n) is 2.98. The standard InChI is InChI=1S/C18H20ClN3O2/c1-11-3-6-15-13(7-11)8-18(24)22(21-15)10-17(23)20-16-9-14(19)5-4-12(16)2/h4-5,8-9,11H,3,6-7,10H2,1-2H3,(H,20,23)/t11-/m1/s1. The fraction of sp³-hybridized carbons (Fsp3) is 0.389. The number of halogens is 1. The number of amides is 1. The van der Waals surface area contributed by atoms with Gasteiger partial charge < -0.3 is 5.32 Å². The van der Waals surface area contributed by atoms with Gasteiger partial charge in [0.1, 0.15) is 6.54 Å². The molecule has 1 atom stereocenters. The number of benzene rings is 1. The lowest BCUT2D eigenvalue weighted by atomic mass is 9.88. The average molecular weight is 346 g/mol. The minimum absolute atomic E-state index is 0.104. The van der Waals surface area contributed by atoms with E-state index in [1.165, 1.54) is 4.68 Å². The first kappa shape index (κ1) is 16.7. The number of fused-ring (bicyclic) bond motifs is 1. The molecule has 0 unspecified atom stereocenters. The number of aromatic nitrogens is 2. The Morgan fingerprint density at radius 1 is 1.42 bits per heavy atom. The highest BCUT2D eigenvalue weighted by atomic mass is 35.5. The van der Waals surface area contributed by atoms with E-state index in [2.05, 4.69) is 17.3 Å². The molecule has 1 aromatic heterocycles. The summed E-state index contributed by atoms with van der Waals surface area (Å²) in [7, 11) is 0. The van der Waals surface area contributed by atoms with Crippen molar-refractivity contribution in [1.82, 2.24) is 9.78 Å². The Bertz CT molecular complexity index is 845. The minimum atomic E-state index is -0.293. The molecule has 1 heterocycles. The number of hydrogen-bond donors (Lipinski definition) is 1. The van der Waals surface area contributed by atoms with Crippen molar-refractivity contribution in [3.8, 4) is 0 Å². The summed E-state index contributed by atoms with van der Waals surface area (Å²) in [5.41, 5.74) is 3.26. The first-order valence-corrected chi connectivity index (χ1v) is 8.46. The minimum Gasteiger partial charge on any atom is -0.324 e. The third-order valence-corrected chi connectivity index (χ3v) is 4.61. The van der Waals surface area contributed by atoms with Crippen LogP contribution >= 0.6 is 11.6 Å². The van der Waals surface area contributed by atoms with Crippen molar-refractivity contribution in [3.63, 3.8) is 0 Å². The van der Waals surface area contributed by atoms with Gasteiger partial charge in [0.2, 0.25) is 5.91 Å². The molecule has 3 rings (SSSR count). The molecule has 1 aliphatic carbocycles. The van der Waals surface area contributed by atoms with Crippen molar-refractivity contribution < 1.29 is 4.79 Å². The smallest absolute Gasteiger partial charge is 0.267 e. The van der Waals surface area contributed by atoms with Crippen LogP contribution in [0.3, 0.4) is 0 Å². The van der Waals surface area contributed by atoms with Gasteiger partial charge in [0.15, 0.2) is 0 Å². The van der Waals surface area contributed by atoms with Crippen LogP contribution in [0.25, 0.3) is 0 Å². The zero-order chi connectivity index (χ0) is 17.3. The Kier molecular flexibility index (Phi) is 4.71. The van der Waals surface area contributed by atoms with Crippen molar-refractivity contribution >= 4 is 23.2 Å². The van der Waals surface area contributed by atoms with Gasteiger partial charge in [-0.1, -0.05) is 24.6 Å². The fourth-order valence-corrected chi connectivity index (χ4v) is 3.15. The van der Waals surface area contributed by atoms with Crippen molar-refractivity contribution in [2.24, 2.45) is 5.92 Å². The molecule has 0 aliphatic heterocycles. The van der Waals surface area contributed by atoms with Gasteiger partial charge in [0.25, 0.3) is 5.56 Å². The Labute approximate surface area is 145 Å². The lowest BCUT2D eigenvalue weighted by Gasteiger charge is -2.20. The predicted molar refractivity (Wildman–Crippen MR) is 94.5 cm³/mol. The van der Waals surface area contributed by atoms with E-state index in [-0.39, 0.29) is 18.0 Å². The SMILES string of the molecule is Cc1ccc(Cl)cc1NC(=O)Cn1nc2c(cc1=O)C[C@H](C)CC2. The van der Waals surface area contributed by atoms with Crippen molar-refractivity contribution in [2.45, 2.75) is 39.7 Å². The number of carbonyl (C=O) groups excluding carboxylic acids is 1. The van der Waals surface area contributed by atoms with E-state index in [1.54, 1.807) is 18.2 Å². The molecule has 1 amide bonds. The average Bonchev–Trinajstić information content (AvgIpc) is 2.52.